The van der Waals surface area contributed by atoms with Crippen LogP contribution in [-0.4, -0.2) is 15.1 Å². The Kier molecular flexibility index (Phi) is 5.16. The lowest BCUT2D eigenvalue weighted by atomic mass is 10.1. The average molecular weight is 380 g/mol. The molecule has 128 valence electrons. The predicted molar refractivity (Wildman–Crippen MR) is 91.0 cm³/mol. The Labute approximate surface area is 152 Å². The van der Waals surface area contributed by atoms with Crippen LogP contribution in [-0.2, 0) is 13.0 Å². The van der Waals surface area contributed by atoms with Gasteiger partial charge in [-0.1, -0.05) is 40.5 Å². The fourth-order valence-electron chi connectivity index (χ4n) is 2.11. The second-order valence-electron chi connectivity index (χ2n) is 5.07. The molecular formula is C16H11Cl2N3O4. The molecule has 0 aliphatic heterocycles. The van der Waals surface area contributed by atoms with Gasteiger partial charge in [-0.05, 0) is 23.8 Å². The lowest BCUT2D eigenvalue weighted by Crippen LogP contribution is -1.98. The first-order valence-electron chi connectivity index (χ1n) is 7.14. The molecule has 0 N–H and O–H groups in total. The highest BCUT2D eigenvalue weighted by Gasteiger charge is 2.12. The zero-order chi connectivity index (χ0) is 17.8. The molecule has 3 rings (SSSR count). The van der Waals surface area contributed by atoms with E-state index in [0.717, 1.165) is 5.56 Å². The summed E-state index contributed by atoms with van der Waals surface area (Å²) in [6, 6.07) is 11.3. The topological polar surface area (TPSA) is 91.3 Å². The SMILES string of the molecule is O=[N+]([O-])c1ccc(OCc2nc(Cc3cccc(Cl)c3)no2)c(Cl)c1. The van der Waals surface area contributed by atoms with Crippen LogP contribution in [0.3, 0.4) is 0 Å². The van der Waals surface area contributed by atoms with E-state index < -0.39 is 4.92 Å². The predicted octanol–water partition coefficient (Wildman–Crippen LogP) is 4.45. The van der Waals surface area contributed by atoms with Gasteiger partial charge in [0.1, 0.15) is 5.75 Å². The maximum Gasteiger partial charge on any atom is 0.271 e. The molecule has 0 unspecified atom stereocenters. The Morgan fingerprint density at radius 1 is 1.20 bits per heavy atom. The van der Waals surface area contributed by atoms with Crippen LogP contribution in [0.15, 0.2) is 47.0 Å². The largest absolute Gasteiger partial charge is 0.482 e. The highest BCUT2D eigenvalue weighted by molar-refractivity contribution is 6.32. The fraction of sp³-hybridized carbons (Fsp3) is 0.125. The van der Waals surface area contributed by atoms with Crippen LogP contribution >= 0.6 is 23.2 Å². The number of rotatable bonds is 6. The molecular weight excluding hydrogens is 369 g/mol. The number of ether oxygens (including phenoxy) is 1. The van der Waals surface area contributed by atoms with Crippen LogP contribution in [0.5, 0.6) is 5.75 Å². The quantitative estimate of drug-likeness (QED) is 0.463. The third kappa shape index (κ3) is 4.46. The lowest BCUT2D eigenvalue weighted by Gasteiger charge is -2.04. The summed E-state index contributed by atoms with van der Waals surface area (Å²) in [6.07, 6.45) is 0.475. The van der Waals surface area contributed by atoms with Crippen molar-refractivity contribution < 1.29 is 14.2 Å². The summed E-state index contributed by atoms with van der Waals surface area (Å²) in [4.78, 5) is 14.4. The van der Waals surface area contributed by atoms with Gasteiger partial charge in [0.2, 0.25) is 0 Å². The third-order valence-corrected chi connectivity index (χ3v) is 3.77. The first-order valence-corrected chi connectivity index (χ1v) is 7.89. The summed E-state index contributed by atoms with van der Waals surface area (Å²) in [5.74, 6) is 1.06. The Morgan fingerprint density at radius 3 is 2.76 bits per heavy atom. The van der Waals surface area contributed by atoms with Crippen molar-refractivity contribution in [3.8, 4) is 5.75 Å². The molecule has 0 amide bonds. The molecule has 2 aromatic carbocycles. The normalized spacial score (nSPS) is 10.6. The van der Waals surface area contributed by atoms with Gasteiger partial charge in [0, 0.05) is 23.6 Å². The van der Waals surface area contributed by atoms with Gasteiger partial charge >= 0.3 is 0 Å². The van der Waals surface area contributed by atoms with Crippen LogP contribution in [0.1, 0.15) is 17.3 Å². The van der Waals surface area contributed by atoms with Crippen molar-refractivity contribution in [3.63, 3.8) is 0 Å². The van der Waals surface area contributed by atoms with Crippen LogP contribution in [0.2, 0.25) is 10.0 Å². The Bertz CT molecular complexity index is 914. The van der Waals surface area contributed by atoms with Crippen LogP contribution in [0, 0.1) is 10.1 Å². The molecule has 0 fully saturated rings. The minimum atomic E-state index is -0.532. The number of aromatic nitrogens is 2. The molecule has 0 atom stereocenters. The highest BCUT2D eigenvalue weighted by Crippen LogP contribution is 2.29. The monoisotopic (exact) mass is 379 g/mol. The molecule has 0 bridgehead atoms. The molecule has 25 heavy (non-hydrogen) atoms. The van der Waals surface area contributed by atoms with E-state index in [1.165, 1.54) is 18.2 Å². The molecule has 0 saturated carbocycles. The first kappa shape index (κ1) is 17.2. The molecule has 3 aromatic rings. The molecule has 0 radical (unpaired) electrons. The number of nitro groups is 1. The van der Waals surface area contributed by atoms with E-state index in [-0.39, 0.29) is 23.2 Å². The van der Waals surface area contributed by atoms with Crippen molar-refractivity contribution in [1.82, 2.24) is 10.1 Å². The van der Waals surface area contributed by atoms with E-state index in [1.807, 2.05) is 18.2 Å². The van der Waals surface area contributed by atoms with Crippen molar-refractivity contribution in [1.29, 1.82) is 0 Å². The molecule has 0 saturated heterocycles. The third-order valence-electron chi connectivity index (χ3n) is 3.24. The smallest absolute Gasteiger partial charge is 0.271 e. The molecule has 1 heterocycles. The Morgan fingerprint density at radius 2 is 2.04 bits per heavy atom. The minimum Gasteiger partial charge on any atom is -0.482 e. The number of benzene rings is 2. The molecule has 0 spiro atoms. The molecule has 0 aliphatic carbocycles. The maximum atomic E-state index is 10.7. The summed E-state index contributed by atoms with van der Waals surface area (Å²) >= 11 is 11.9. The average Bonchev–Trinajstić information content (AvgIpc) is 3.01. The summed E-state index contributed by atoms with van der Waals surface area (Å²) in [6.45, 7) is 0.0000762. The highest BCUT2D eigenvalue weighted by atomic mass is 35.5. The summed E-state index contributed by atoms with van der Waals surface area (Å²) < 4.78 is 10.6. The van der Waals surface area contributed by atoms with Gasteiger partial charge in [-0.3, -0.25) is 10.1 Å². The van der Waals surface area contributed by atoms with Gasteiger partial charge in [0.25, 0.3) is 11.6 Å². The fourth-order valence-corrected chi connectivity index (χ4v) is 2.55. The van der Waals surface area contributed by atoms with Crippen molar-refractivity contribution >= 4 is 28.9 Å². The van der Waals surface area contributed by atoms with Gasteiger partial charge in [0.05, 0.1) is 9.95 Å². The zero-order valence-electron chi connectivity index (χ0n) is 12.7. The number of hydrogen-bond donors (Lipinski definition) is 0. The van der Waals surface area contributed by atoms with Gasteiger partial charge in [-0.2, -0.15) is 4.98 Å². The first-order chi connectivity index (χ1) is 12.0. The van der Waals surface area contributed by atoms with Crippen LogP contribution < -0.4 is 4.74 Å². The van der Waals surface area contributed by atoms with Gasteiger partial charge in [-0.25, -0.2) is 0 Å². The Hall–Kier alpha value is -2.64. The summed E-state index contributed by atoms with van der Waals surface area (Å²) in [7, 11) is 0. The van der Waals surface area contributed by atoms with E-state index in [2.05, 4.69) is 10.1 Å². The van der Waals surface area contributed by atoms with E-state index in [0.29, 0.717) is 23.0 Å². The zero-order valence-corrected chi connectivity index (χ0v) is 14.2. The molecule has 0 aliphatic rings. The molecule has 1 aromatic heterocycles. The van der Waals surface area contributed by atoms with E-state index >= 15 is 0 Å². The van der Waals surface area contributed by atoms with Crippen LogP contribution in [0.4, 0.5) is 5.69 Å². The Balaban J connectivity index is 1.63. The maximum absolute atomic E-state index is 10.7. The van der Waals surface area contributed by atoms with Crippen molar-refractivity contribution in [2.75, 3.05) is 0 Å². The minimum absolute atomic E-state index is 0.0000762. The van der Waals surface area contributed by atoms with Gasteiger partial charge in [0.15, 0.2) is 12.4 Å². The number of nitro benzene ring substituents is 1. The standard InChI is InChI=1S/C16H11Cl2N3O4/c17-11-3-1-2-10(6-11)7-15-19-16(25-20-15)9-24-14-5-4-12(21(22)23)8-13(14)18/h1-6,8H,7,9H2. The summed E-state index contributed by atoms with van der Waals surface area (Å²) in [5, 5.41) is 15.3. The lowest BCUT2D eigenvalue weighted by molar-refractivity contribution is -0.384. The second-order valence-corrected chi connectivity index (χ2v) is 5.92. The number of hydrogen-bond acceptors (Lipinski definition) is 6. The number of halogens is 2. The van der Waals surface area contributed by atoms with Crippen LogP contribution in [0.25, 0.3) is 0 Å². The van der Waals surface area contributed by atoms with Crippen molar-refractivity contribution in [2.45, 2.75) is 13.0 Å². The molecule has 7 nitrogen and oxygen atoms in total. The van der Waals surface area contributed by atoms with E-state index in [4.69, 9.17) is 32.5 Å². The van der Waals surface area contributed by atoms with Gasteiger partial charge in [-0.15, -0.1) is 0 Å². The van der Waals surface area contributed by atoms with E-state index in [9.17, 15) is 10.1 Å². The van der Waals surface area contributed by atoms with Crippen molar-refractivity contribution in [2.24, 2.45) is 0 Å². The summed E-state index contributed by atoms with van der Waals surface area (Å²) in [5.41, 5.74) is 0.845. The van der Waals surface area contributed by atoms with Gasteiger partial charge < -0.3 is 9.26 Å². The second kappa shape index (κ2) is 7.50. The van der Waals surface area contributed by atoms with Crippen molar-refractivity contribution in [3.05, 3.63) is 79.9 Å². The number of non-ortho nitro benzene ring substituents is 1. The van der Waals surface area contributed by atoms with E-state index in [1.54, 1.807) is 6.07 Å². The number of nitrogens with zero attached hydrogens (tertiary/aromatic N) is 3. The molecule has 9 heteroatoms.